The molecule has 3 rings (SSSR count). The summed E-state index contributed by atoms with van der Waals surface area (Å²) in [5, 5.41) is 0. The van der Waals surface area contributed by atoms with Gasteiger partial charge < -0.3 is 14.4 Å². The van der Waals surface area contributed by atoms with Crippen LogP contribution in [0.25, 0.3) is 0 Å². The Hall–Kier alpha value is -1.67. The standard InChI is InChI=1S/C20H23IN2O3/c1-12-5-6-13(2)16(7-12)20(24)23-10-17(25-4)18(11-23)26-19-9-15(21)8-14(3)22-19/h5-9,17-18H,10-11H2,1-4H3/t17-,18-/m1/s1. The molecule has 0 unspecified atom stereocenters. The van der Waals surface area contributed by atoms with E-state index in [1.54, 1.807) is 12.0 Å². The van der Waals surface area contributed by atoms with E-state index in [-0.39, 0.29) is 18.1 Å². The predicted octanol–water partition coefficient (Wildman–Crippen LogP) is 3.53. The Kier molecular flexibility index (Phi) is 5.82. The van der Waals surface area contributed by atoms with Gasteiger partial charge in [0.25, 0.3) is 5.91 Å². The Morgan fingerprint density at radius 3 is 2.58 bits per heavy atom. The molecule has 6 heteroatoms. The summed E-state index contributed by atoms with van der Waals surface area (Å²) in [5.74, 6) is 0.591. The monoisotopic (exact) mass is 466 g/mol. The maximum absolute atomic E-state index is 13.0. The van der Waals surface area contributed by atoms with E-state index < -0.39 is 0 Å². The molecule has 1 fully saturated rings. The second-order valence-electron chi connectivity index (χ2n) is 6.72. The van der Waals surface area contributed by atoms with Gasteiger partial charge in [-0.25, -0.2) is 4.98 Å². The third-order valence-corrected chi connectivity index (χ3v) is 5.22. The Bertz CT molecular complexity index is 804. The largest absolute Gasteiger partial charge is 0.470 e. The van der Waals surface area contributed by atoms with Crippen LogP contribution in [0.15, 0.2) is 30.3 Å². The molecule has 0 radical (unpaired) electrons. The predicted molar refractivity (Wildman–Crippen MR) is 109 cm³/mol. The summed E-state index contributed by atoms with van der Waals surface area (Å²) in [5.41, 5.74) is 3.70. The molecule has 2 heterocycles. The lowest BCUT2D eigenvalue weighted by Gasteiger charge is -2.18. The van der Waals surface area contributed by atoms with Crippen LogP contribution in [0.5, 0.6) is 5.88 Å². The summed E-state index contributed by atoms with van der Waals surface area (Å²) in [6.07, 6.45) is -0.414. The normalized spacial score (nSPS) is 19.7. The number of hydrogen-bond donors (Lipinski definition) is 0. The van der Waals surface area contributed by atoms with Gasteiger partial charge in [0.05, 0.1) is 13.1 Å². The number of hydrogen-bond acceptors (Lipinski definition) is 4. The first-order chi connectivity index (χ1) is 12.4. The lowest BCUT2D eigenvalue weighted by atomic mass is 10.0. The van der Waals surface area contributed by atoms with Crippen molar-refractivity contribution < 1.29 is 14.3 Å². The molecule has 138 valence electrons. The minimum Gasteiger partial charge on any atom is -0.470 e. The lowest BCUT2D eigenvalue weighted by Crippen LogP contribution is -2.32. The molecule has 0 spiro atoms. The Labute approximate surface area is 167 Å². The molecule has 2 atom stereocenters. The summed E-state index contributed by atoms with van der Waals surface area (Å²) < 4.78 is 12.7. The SMILES string of the molecule is CO[C@@H]1CN(C(=O)c2cc(C)ccc2C)C[C@H]1Oc1cc(I)cc(C)n1. The Morgan fingerprint density at radius 1 is 1.15 bits per heavy atom. The smallest absolute Gasteiger partial charge is 0.254 e. The molecular weight excluding hydrogens is 443 g/mol. The minimum absolute atomic E-state index is 0.0196. The van der Waals surface area contributed by atoms with Gasteiger partial charge >= 0.3 is 0 Å². The van der Waals surface area contributed by atoms with E-state index in [1.165, 1.54) is 0 Å². The van der Waals surface area contributed by atoms with Gasteiger partial charge in [0.2, 0.25) is 5.88 Å². The molecule has 1 aromatic carbocycles. The molecule has 0 aliphatic carbocycles. The fourth-order valence-electron chi connectivity index (χ4n) is 3.20. The maximum atomic E-state index is 13.0. The van der Waals surface area contributed by atoms with Crippen LogP contribution in [0.1, 0.15) is 27.2 Å². The second-order valence-corrected chi connectivity index (χ2v) is 7.97. The molecule has 1 saturated heterocycles. The lowest BCUT2D eigenvalue weighted by molar-refractivity contribution is 0.0318. The number of methoxy groups -OCH3 is 1. The third-order valence-electron chi connectivity index (χ3n) is 4.60. The number of likely N-dealkylation sites (tertiary alicyclic amines) is 1. The summed E-state index contributed by atoms with van der Waals surface area (Å²) in [6.45, 7) is 6.89. The third kappa shape index (κ3) is 4.17. The number of carbonyl (C=O) groups is 1. The number of aryl methyl sites for hydroxylation is 3. The summed E-state index contributed by atoms with van der Waals surface area (Å²) in [7, 11) is 1.65. The van der Waals surface area contributed by atoms with Crippen LogP contribution in [0.3, 0.4) is 0 Å². The first-order valence-corrected chi connectivity index (χ1v) is 9.65. The van der Waals surface area contributed by atoms with Gasteiger partial charge in [-0.05, 0) is 61.1 Å². The molecule has 0 bridgehead atoms. The van der Waals surface area contributed by atoms with Crippen molar-refractivity contribution >= 4 is 28.5 Å². The fourth-order valence-corrected chi connectivity index (χ4v) is 3.92. The molecule has 0 saturated carbocycles. The van der Waals surface area contributed by atoms with Gasteiger partial charge in [-0.1, -0.05) is 17.7 Å². The molecule has 1 aliphatic rings. The average Bonchev–Trinajstić information content (AvgIpc) is 2.98. The quantitative estimate of drug-likeness (QED) is 0.648. The first kappa shape index (κ1) is 19.1. The van der Waals surface area contributed by atoms with E-state index >= 15 is 0 Å². The second kappa shape index (κ2) is 7.92. The van der Waals surface area contributed by atoms with Crippen LogP contribution in [-0.4, -0.2) is 48.2 Å². The van der Waals surface area contributed by atoms with Crippen molar-refractivity contribution in [3.8, 4) is 5.88 Å². The molecule has 0 N–H and O–H groups in total. The molecule has 26 heavy (non-hydrogen) atoms. The van der Waals surface area contributed by atoms with Crippen LogP contribution >= 0.6 is 22.6 Å². The Balaban J connectivity index is 1.78. The highest BCUT2D eigenvalue weighted by atomic mass is 127. The van der Waals surface area contributed by atoms with Crippen molar-refractivity contribution in [2.75, 3.05) is 20.2 Å². The van der Waals surface area contributed by atoms with Gasteiger partial charge in [-0.2, -0.15) is 0 Å². The van der Waals surface area contributed by atoms with Gasteiger partial charge in [0.15, 0.2) is 0 Å². The maximum Gasteiger partial charge on any atom is 0.254 e. The number of rotatable bonds is 4. The molecule has 5 nitrogen and oxygen atoms in total. The van der Waals surface area contributed by atoms with E-state index in [1.807, 2.05) is 51.1 Å². The summed E-state index contributed by atoms with van der Waals surface area (Å²) >= 11 is 2.25. The van der Waals surface area contributed by atoms with E-state index in [0.717, 1.165) is 26.0 Å². The van der Waals surface area contributed by atoms with Crippen molar-refractivity contribution in [2.45, 2.75) is 33.0 Å². The van der Waals surface area contributed by atoms with E-state index in [9.17, 15) is 4.79 Å². The molecular formula is C20H23IN2O3. The molecule has 1 amide bonds. The Morgan fingerprint density at radius 2 is 1.88 bits per heavy atom. The van der Waals surface area contributed by atoms with Gasteiger partial charge in [-0.3, -0.25) is 4.79 Å². The number of benzene rings is 1. The zero-order chi connectivity index (χ0) is 18.8. The zero-order valence-electron chi connectivity index (χ0n) is 15.5. The summed E-state index contributed by atoms with van der Waals surface area (Å²) in [4.78, 5) is 19.2. The van der Waals surface area contributed by atoms with Crippen molar-refractivity contribution in [3.63, 3.8) is 0 Å². The number of amides is 1. The highest BCUT2D eigenvalue weighted by Gasteiger charge is 2.38. The highest BCUT2D eigenvalue weighted by Crippen LogP contribution is 2.23. The van der Waals surface area contributed by atoms with Crippen LogP contribution in [0.4, 0.5) is 0 Å². The van der Waals surface area contributed by atoms with Crippen molar-refractivity contribution in [3.05, 3.63) is 56.3 Å². The molecule has 1 aliphatic heterocycles. The van der Waals surface area contributed by atoms with Gasteiger partial charge in [0.1, 0.15) is 12.2 Å². The average molecular weight is 466 g/mol. The molecule has 1 aromatic heterocycles. The van der Waals surface area contributed by atoms with Crippen LogP contribution < -0.4 is 4.74 Å². The number of nitrogens with zero attached hydrogens (tertiary/aromatic N) is 2. The highest BCUT2D eigenvalue weighted by molar-refractivity contribution is 14.1. The van der Waals surface area contributed by atoms with E-state index in [4.69, 9.17) is 9.47 Å². The van der Waals surface area contributed by atoms with Crippen molar-refractivity contribution in [1.29, 1.82) is 0 Å². The topological polar surface area (TPSA) is 51.7 Å². The van der Waals surface area contributed by atoms with Crippen molar-refractivity contribution in [2.24, 2.45) is 0 Å². The number of carbonyl (C=O) groups excluding carboxylic acids is 1. The minimum atomic E-state index is -0.237. The number of ether oxygens (including phenoxy) is 2. The number of pyridine rings is 1. The number of aromatic nitrogens is 1. The summed E-state index contributed by atoms with van der Waals surface area (Å²) in [6, 6.07) is 9.84. The van der Waals surface area contributed by atoms with Gasteiger partial charge in [-0.15, -0.1) is 0 Å². The van der Waals surface area contributed by atoms with Crippen molar-refractivity contribution in [1.82, 2.24) is 9.88 Å². The van der Waals surface area contributed by atoms with Crippen LogP contribution in [0, 0.1) is 24.3 Å². The fraction of sp³-hybridized carbons (Fsp3) is 0.400. The van der Waals surface area contributed by atoms with Gasteiger partial charge in [0, 0.05) is 28.0 Å². The van der Waals surface area contributed by atoms with E-state index in [0.29, 0.717) is 19.0 Å². The van der Waals surface area contributed by atoms with Crippen LogP contribution in [-0.2, 0) is 4.74 Å². The van der Waals surface area contributed by atoms with Crippen LogP contribution in [0.2, 0.25) is 0 Å². The molecule has 2 aromatic rings. The number of halogens is 1. The first-order valence-electron chi connectivity index (χ1n) is 8.57. The van der Waals surface area contributed by atoms with E-state index in [2.05, 4.69) is 27.6 Å². The zero-order valence-corrected chi connectivity index (χ0v) is 17.6.